The van der Waals surface area contributed by atoms with Crippen molar-refractivity contribution in [2.75, 3.05) is 24.3 Å². The third-order valence-corrected chi connectivity index (χ3v) is 5.12. The van der Waals surface area contributed by atoms with Gasteiger partial charge in [0.05, 0.1) is 11.3 Å². The van der Waals surface area contributed by atoms with Crippen molar-refractivity contribution in [2.45, 2.75) is 18.2 Å². The first kappa shape index (κ1) is 11.3. The highest BCUT2D eigenvalue weighted by Gasteiger charge is 2.22. The average molecular weight is 245 g/mol. The van der Waals surface area contributed by atoms with E-state index in [0.717, 1.165) is 11.6 Å². The Kier molecular flexibility index (Phi) is 3.93. The summed E-state index contributed by atoms with van der Waals surface area (Å²) in [5, 5.41) is 7.55. The first-order valence-electron chi connectivity index (χ1n) is 5.01. The Morgan fingerprint density at radius 3 is 3.07 bits per heavy atom. The van der Waals surface area contributed by atoms with Crippen molar-refractivity contribution in [2.24, 2.45) is 0 Å². The van der Waals surface area contributed by atoms with E-state index in [0.29, 0.717) is 11.1 Å². The summed E-state index contributed by atoms with van der Waals surface area (Å²) in [6.45, 7) is 2.01. The minimum absolute atomic E-state index is 0.132. The van der Waals surface area contributed by atoms with E-state index in [9.17, 15) is 0 Å². The van der Waals surface area contributed by atoms with E-state index in [4.69, 9.17) is 4.52 Å². The Balaban J connectivity index is 2.05. The molecule has 2 unspecified atom stereocenters. The van der Waals surface area contributed by atoms with Crippen molar-refractivity contribution in [1.82, 2.24) is 15.5 Å². The monoisotopic (exact) mass is 245 g/mol. The van der Waals surface area contributed by atoms with Crippen LogP contribution in [-0.2, 0) is 0 Å². The van der Waals surface area contributed by atoms with Gasteiger partial charge in [0.25, 0.3) is 0 Å². The van der Waals surface area contributed by atoms with Gasteiger partial charge in [-0.2, -0.15) is 16.7 Å². The fraction of sp³-hybridized carbons (Fsp3) is 0.778. The molecular weight excluding hydrogens is 230 g/mol. The van der Waals surface area contributed by atoms with E-state index in [2.05, 4.69) is 15.5 Å². The van der Waals surface area contributed by atoms with Crippen LogP contribution in [0.3, 0.4) is 0 Å². The first-order chi connectivity index (χ1) is 7.31. The Bertz CT molecular complexity index is 312. The Morgan fingerprint density at radius 2 is 2.40 bits per heavy atom. The van der Waals surface area contributed by atoms with Crippen LogP contribution in [0.2, 0.25) is 0 Å². The van der Waals surface area contributed by atoms with Crippen LogP contribution in [0, 0.1) is 0 Å². The Hall–Kier alpha value is -0.200. The van der Waals surface area contributed by atoms with Gasteiger partial charge in [-0.25, -0.2) is 0 Å². The molecule has 0 amide bonds. The molecule has 2 rings (SSSR count). The summed E-state index contributed by atoms with van der Waals surface area (Å²) >= 11 is 3.89. The molecular formula is C9H15N3OS2. The maximum absolute atomic E-state index is 5.22. The molecule has 1 N–H and O–H groups in total. The molecule has 0 saturated carbocycles. The lowest BCUT2D eigenvalue weighted by atomic mass is 10.3. The van der Waals surface area contributed by atoms with Gasteiger partial charge in [0, 0.05) is 17.3 Å². The number of nitrogens with one attached hydrogen (secondary N) is 1. The van der Waals surface area contributed by atoms with Crippen molar-refractivity contribution < 1.29 is 4.52 Å². The lowest BCUT2D eigenvalue weighted by Crippen LogP contribution is -2.13. The van der Waals surface area contributed by atoms with Crippen molar-refractivity contribution in [3.8, 4) is 0 Å². The van der Waals surface area contributed by atoms with Crippen molar-refractivity contribution in [1.29, 1.82) is 0 Å². The summed E-state index contributed by atoms with van der Waals surface area (Å²) in [5.41, 5.74) is 0. The van der Waals surface area contributed by atoms with Gasteiger partial charge in [-0.15, -0.1) is 11.8 Å². The second kappa shape index (κ2) is 5.23. The standard InChI is InChI=1S/C9H15N3OS2/c1-6(10-2)9-11-8(12-13-9)7-5-14-3-4-15-7/h6-7,10H,3-5H2,1-2H3. The Labute approximate surface area is 98.0 Å². The van der Waals surface area contributed by atoms with Crippen LogP contribution in [0.15, 0.2) is 4.52 Å². The van der Waals surface area contributed by atoms with E-state index in [-0.39, 0.29) is 6.04 Å². The topological polar surface area (TPSA) is 51.0 Å². The molecule has 0 aliphatic carbocycles. The largest absolute Gasteiger partial charge is 0.338 e. The lowest BCUT2D eigenvalue weighted by molar-refractivity contribution is 0.343. The molecule has 4 nitrogen and oxygen atoms in total. The molecule has 1 saturated heterocycles. The number of aromatic nitrogens is 2. The number of hydrogen-bond donors (Lipinski definition) is 1. The quantitative estimate of drug-likeness (QED) is 0.877. The fourth-order valence-electron chi connectivity index (χ4n) is 1.31. The van der Waals surface area contributed by atoms with Crippen LogP contribution in [0.1, 0.15) is 29.9 Å². The highest BCUT2D eigenvalue weighted by molar-refractivity contribution is 8.06. The second-order valence-electron chi connectivity index (χ2n) is 3.44. The lowest BCUT2D eigenvalue weighted by Gasteiger charge is -2.17. The minimum Gasteiger partial charge on any atom is -0.338 e. The maximum Gasteiger partial charge on any atom is 0.243 e. The zero-order valence-electron chi connectivity index (χ0n) is 8.90. The molecule has 1 fully saturated rings. The van der Waals surface area contributed by atoms with Gasteiger partial charge in [0.15, 0.2) is 5.82 Å². The highest BCUT2D eigenvalue weighted by Crippen LogP contribution is 2.35. The number of thioether (sulfide) groups is 2. The number of rotatable bonds is 3. The SMILES string of the molecule is CNC(C)c1nc(C2CSCCS2)no1. The van der Waals surface area contributed by atoms with Crippen molar-refractivity contribution in [3.05, 3.63) is 11.7 Å². The second-order valence-corrected chi connectivity index (χ2v) is 5.90. The fourth-order valence-corrected chi connectivity index (χ4v) is 3.90. The maximum atomic E-state index is 5.22. The van der Waals surface area contributed by atoms with E-state index in [1.54, 1.807) is 0 Å². The number of hydrogen-bond acceptors (Lipinski definition) is 6. The van der Waals surface area contributed by atoms with Gasteiger partial charge < -0.3 is 9.84 Å². The van der Waals surface area contributed by atoms with Gasteiger partial charge in [-0.1, -0.05) is 5.16 Å². The van der Waals surface area contributed by atoms with Gasteiger partial charge >= 0.3 is 0 Å². The predicted molar refractivity (Wildman–Crippen MR) is 64.3 cm³/mol. The third-order valence-electron chi connectivity index (χ3n) is 2.36. The zero-order chi connectivity index (χ0) is 10.7. The molecule has 2 heterocycles. The summed E-state index contributed by atoms with van der Waals surface area (Å²) in [7, 11) is 1.89. The van der Waals surface area contributed by atoms with Crippen molar-refractivity contribution >= 4 is 23.5 Å². The van der Waals surface area contributed by atoms with Crippen LogP contribution in [0.5, 0.6) is 0 Å². The molecule has 1 aliphatic heterocycles. The summed E-state index contributed by atoms with van der Waals surface area (Å²) in [6, 6.07) is 0.132. The van der Waals surface area contributed by atoms with E-state index in [1.165, 1.54) is 11.5 Å². The predicted octanol–water partition coefficient (Wildman–Crippen LogP) is 1.87. The molecule has 0 aromatic carbocycles. The summed E-state index contributed by atoms with van der Waals surface area (Å²) in [6.07, 6.45) is 0. The highest BCUT2D eigenvalue weighted by atomic mass is 32.2. The van der Waals surface area contributed by atoms with Crippen LogP contribution >= 0.6 is 23.5 Å². The minimum atomic E-state index is 0.132. The van der Waals surface area contributed by atoms with Gasteiger partial charge in [-0.05, 0) is 14.0 Å². The van der Waals surface area contributed by atoms with Gasteiger partial charge in [-0.3, -0.25) is 0 Å². The summed E-state index contributed by atoms with van der Waals surface area (Å²) < 4.78 is 5.22. The Morgan fingerprint density at radius 1 is 1.53 bits per heavy atom. The molecule has 0 radical (unpaired) electrons. The summed E-state index contributed by atoms with van der Waals surface area (Å²) in [4.78, 5) is 4.43. The van der Waals surface area contributed by atoms with Crippen LogP contribution in [0.25, 0.3) is 0 Å². The smallest absolute Gasteiger partial charge is 0.243 e. The molecule has 0 bridgehead atoms. The zero-order valence-corrected chi connectivity index (χ0v) is 10.5. The first-order valence-corrected chi connectivity index (χ1v) is 7.21. The molecule has 1 aromatic heterocycles. The molecule has 1 aromatic rings. The van der Waals surface area contributed by atoms with E-state index in [1.807, 2.05) is 37.5 Å². The molecule has 15 heavy (non-hydrogen) atoms. The number of nitrogens with zero attached hydrogens (tertiary/aromatic N) is 2. The molecule has 84 valence electrons. The molecule has 6 heteroatoms. The van der Waals surface area contributed by atoms with Crippen LogP contribution in [-0.4, -0.2) is 34.4 Å². The van der Waals surface area contributed by atoms with E-state index < -0.39 is 0 Å². The average Bonchev–Trinajstić information content (AvgIpc) is 2.78. The molecule has 0 spiro atoms. The van der Waals surface area contributed by atoms with E-state index >= 15 is 0 Å². The van der Waals surface area contributed by atoms with Gasteiger partial charge in [0.2, 0.25) is 5.89 Å². The van der Waals surface area contributed by atoms with Crippen LogP contribution in [0.4, 0.5) is 0 Å². The molecule has 1 aliphatic rings. The van der Waals surface area contributed by atoms with Gasteiger partial charge in [0.1, 0.15) is 0 Å². The summed E-state index contributed by atoms with van der Waals surface area (Å²) in [5.74, 6) is 5.05. The third kappa shape index (κ3) is 2.68. The normalized spacial score (nSPS) is 24.0. The molecule has 2 atom stereocenters. The van der Waals surface area contributed by atoms with Crippen LogP contribution < -0.4 is 5.32 Å². The van der Waals surface area contributed by atoms with Crippen molar-refractivity contribution in [3.63, 3.8) is 0 Å².